The monoisotopic (exact) mass is 430 g/mol. The number of hydrogen-bond acceptors (Lipinski definition) is 2. The van der Waals surface area contributed by atoms with E-state index in [-0.39, 0.29) is 11.4 Å². The number of nitrogens with one attached hydrogen (secondary N) is 1. The normalized spacial score (nSPS) is 33.5. The number of carbonyl (C=O) groups is 2. The van der Waals surface area contributed by atoms with Gasteiger partial charge in [0.05, 0.1) is 0 Å². The Morgan fingerprint density at radius 2 is 1.72 bits per heavy atom. The Hall–Kier alpha value is -2.36. The first-order valence-electron chi connectivity index (χ1n) is 12.6. The Morgan fingerprint density at radius 1 is 0.969 bits per heavy atom. The average Bonchev–Trinajstić information content (AvgIpc) is 3.04. The van der Waals surface area contributed by atoms with E-state index in [9.17, 15) is 9.59 Å². The quantitative estimate of drug-likeness (QED) is 0.737. The van der Waals surface area contributed by atoms with Gasteiger partial charge in [0.1, 0.15) is 0 Å². The summed E-state index contributed by atoms with van der Waals surface area (Å²) in [7, 11) is 0. The van der Waals surface area contributed by atoms with Gasteiger partial charge >= 0.3 is 0 Å². The summed E-state index contributed by atoms with van der Waals surface area (Å²) < 4.78 is 0. The van der Waals surface area contributed by atoms with Crippen LogP contribution in [0.3, 0.4) is 0 Å². The van der Waals surface area contributed by atoms with Gasteiger partial charge in [0.15, 0.2) is 0 Å². The summed E-state index contributed by atoms with van der Waals surface area (Å²) in [6.07, 6.45) is 9.96. The molecule has 2 aromatic rings. The van der Waals surface area contributed by atoms with Crippen molar-refractivity contribution in [2.45, 2.75) is 75.8 Å². The molecule has 5 atom stereocenters. The summed E-state index contributed by atoms with van der Waals surface area (Å²) in [6.45, 7) is 0.971. The van der Waals surface area contributed by atoms with Crippen LogP contribution in [0.5, 0.6) is 0 Å². The number of nitrogens with zero attached hydrogens (tertiary/aromatic N) is 1. The van der Waals surface area contributed by atoms with E-state index in [4.69, 9.17) is 0 Å². The van der Waals surface area contributed by atoms with E-state index in [0.717, 1.165) is 37.6 Å². The molecule has 3 saturated heterocycles. The molecule has 2 unspecified atom stereocenters. The highest BCUT2D eigenvalue weighted by Gasteiger charge is 2.45. The molecule has 0 spiro atoms. The maximum Gasteiger partial charge on any atom is 0.222 e. The van der Waals surface area contributed by atoms with Crippen molar-refractivity contribution in [1.29, 1.82) is 0 Å². The second-order valence-electron chi connectivity index (χ2n) is 11.1. The van der Waals surface area contributed by atoms with Crippen LogP contribution in [-0.2, 0) is 16.0 Å². The predicted octanol–water partition coefficient (Wildman–Crippen LogP) is 4.85. The van der Waals surface area contributed by atoms with Crippen molar-refractivity contribution in [2.24, 2.45) is 17.8 Å². The molecule has 2 aromatic carbocycles. The van der Waals surface area contributed by atoms with Gasteiger partial charge < -0.3 is 10.2 Å². The molecule has 0 aromatic heterocycles. The number of hydrogen-bond donors (Lipinski definition) is 1. The molecule has 4 bridgehead atoms. The van der Waals surface area contributed by atoms with Crippen LogP contribution < -0.4 is 5.32 Å². The Bertz CT molecular complexity index is 1030. The lowest BCUT2D eigenvalue weighted by molar-refractivity contribution is -0.134. The molecule has 2 amide bonds. The van der Waals surface area contributed by atoms with Gasteiger partial charge in [-0.2, -0.15) is 0 Å². The molecule has 3 heterocycles. The zero-order valence-electron chi connectivity index (χ0n) is 18.9. The zero-order chi connectivity index (χ0) is 21.7. The Balaban J connectivity index is 1.20. The van der Waals surface area contributed by atoms with Crippen molar-refractivity contribution in [3.63, 3.8) is 0 Å². The van der Waals surface area contributed by atoms with Gasteiger partial charge in [-0.15, -0.1) is 0 Å². The van der Waals surface area contributed by atoms with E-state index in [2.05, 4.69) is 52.7 Å². The molecule has 32 heavy (non-hydrogen) atoms. The van der Waals surface area contributed by atoms with Gasteiger partial charge in [-0.3, -0.25) is 9.59 Å². The van der Waals surface area contributed by atoms with Gasteiger partial charge in [0.25, 0.3) is 0 Å². The summed E-state index contributed by atoms with van der Waals surface area (Å²) in [5, 5.41) is 5.79. The fraction of sp³-hybridized carbons (Fsp3) is 0.571. The molecule has 4 heteroatoms. The van der Waals surface area contributed by atoms with Crippen molar-refractivity contribution < 1.29 is 9.59 Å². The first-order chi connectivity index (χ1) is 15.6. The minimum atomic E-state index is -0.306. The lowest BCUT2D eigenvalue weighted by Gasteiger charge is -2.39. The van der Waals surface area contributed by atoms with Crippen LogP contribution in [0.25, 0.3) is 10.8 Å². The SMILES string of the molecule is O=C1CC[C@@](CCC(=O)N2CC3C[C@@H]4CC2C[C@H](C3)C4)(Cc2cccc3ccccc23)N1. The Morgan fingerprint density at radius 3 is 2.50 bits per heavy atom. The smallest absolute Gasteiger partial charge is 0.222 e. The van der Waals surface area contributed by atoms with Crippen LogP contribution in [0, 0.1) is 17.8 Å². The molecular formula is C28H34N2O2. The second kappa shape index (κ2) is 7.90. The Labute approximate surface area is 190 Å². The Kier molecular flexibility index (Phi) is 5.00. The molecule has 1 N–H and O–H groups in total. The van der Waals surface area contributed by atoms with E-state index in [0.29, 0.717) is 30.7 Å². The third-order valence-corrected chi connectivity index (χ3v) is 8.89. The fourth-order valence-electron chi connectivity index (χ4n) is 7.57. The number of amides is 2. The van der Waals surface area contributed by atoms with Gasteiger partial charge in [0, 0.05) is 31.0 Å². The van der Waals surface area contributed by atoms with Gasteiger partial charge in [-0.25, -0.2) is 0 Å². The molecule has 5 aliphatic rings. The third-order valence-electron chi connectivity index (χ3n) is 8.89. The number of rotatable bonds is 5. The summed E-state index contributed by atoms with van der Waals surface area (Å²) in [4.78, 5) is 28.0. The molecular weight excluding hydrogens is 396 g/mol. The largest absolute Gasteiger partial charge is 0.350 e. The van der Waals surface area contributed by atoms with E-state index in [1.165, 1.54) is 48.4 Å². The van der Waals surface area contributed by atoms with Crippen LogP contribution in [-0.4, -0.2) is 34.8 Å². The van der Waals surface area contributed by atoms with E-state index >= 15 is 0 Å². The van der Waals surface area contributed by atoms with Crippen LogP contribution >= 0.6 is 0 Å². The molecule has 2 aliphatic carbocycles. The molecule has 168 valence electrons. The van der Waals surface area contributed by atoms with E-state index in [1.54, 1.807) is 0 Å². The van der Waals surface area contributed by atoms with Crippen molar-refractivity contribution in [2.75, 3.05) is 6.54 Å². The number of fused-ring (bicyclic) bond motifs is 2. The van der Waals surface area contributed by atoms with Crippen LogP contribution in [0.15, 0.2) is 42.5 Å². The molecule has 3 aliphatic heterocycles. The van der Waals surface area contributed by atoms with Crippen LogP contribution in [0.4, 0.5) is 0 Å². The topological polar surface area (TPSA) is 49.4 Å². The third kappa shape index (κ3) is 3.72. The molecule has 4 nitrogen and oxygen atoms in total. The standard InChI is InChI=1S/C28H34N2O2/c31-26-8-10-28(29-26,17-23-6-3-5-22-4-1-2-7-25(22)23)11-9-27(32)30-18-21-13-19-12-20(14-21)16-24(30)15-19/h1-7,19-21,24H,8-18H2,(H,29,31)/t19-,20+,21?,24?,28-/m1/s1. The molecule has 2 saturated carbocycles. The highest BCUT2D eigenvalue weighted by molar-refractivity contribution is 5.86. The van der Waals surface area contributed by atoms with E-state index < -0.39 is 0 Å². The maximum atomic E-state index is 13.5. The summed E-state index contributed by atoms with van der Waals surface area (Å²) in [5.74, 6) is 2.86. The fourth-order valence-corrected chi connectivity index (χ4v) is 7.57. The van der Waals surface area contributed by atoms with Crippen molar-refractivity contribution in [3.05, 3.63) is 48.0 Å². The first-order valence-corrected chi connectivity index (χ1v) is 12.6. The minimum absolute atomic E-state index is 0.128. The highest BCUT2D eigenvalue weighted by Crippen LogP contribution is 2.47. The number of benzene rings is 2. The van der Waals surface area contributed by atoms with Crippen molar-refractivity contribution >= 4 is 22.6 Å². The van der Waals surface area contributed by atoms with Crippen molar-refractivity contribution in [3.8, 4) is 0 Å². The molecule has 7 rings (SSSR count). The maximum absolute atomic E-state index is 13.5. The van der Waals surface area contributed by atoms with Gasteiger partial charge in [-0.1, -0.05) is 42.5 Å². The average molecular weight is 431 g/mol. The minimum Gasteiger partial charge on any atom is -0.350 e. The van der Waals surface area contributed by atoms with E-state index in [1.807, 2.05) is 0 Å². The van der Waals surface area contributed by atoms with Gasteiger partial charge in [-0.05, 0) is 85.5 Å². The predicted molar refractivity (Wildman–Crippen MR) is 126 cm³/mol. The lowest BCUT2D eigenvalue weighted by atomic mass is 9.68. The summed E-state index contributed by atoms with van der Waals surface area (Å²) in [6, 6.07) is 15.4. The lowest BCUT2D eigenvalue weighted by Crippen LogP contribution is -2.46. The first kappa shape index (κ1) is 20.3. The molecule has 5 fully saturated rings. The van der Waals surface area contributed by atoms with Gasteiger partial charge in [0.2, 0.25) is 11.8 Å². The number of carbonyl (C=O) groups excluding carboxylic acids is 2. The molecule has 0 radical (unpaired) electrons. The second-order valence-corrected chi connectivity index (χ2v) is 11.1. The van der Waals surface area contributed by atoms with Crippen LogP contribution in [0.2, 0.25) is 0 Å². The summed E-state index contributed by atoms with van der Waals surface area (Å²) in [5.41, 5.74) is 0.961. The zero-order valence-corrected chi connectivity index (χ0v) is 18.9. The van der Waals surface area contributed by atoms with Crippen LogP contribution in [0.1, 0.15) is 63.4 Å². The highest BCUT2D eigenvalue weighted by atomic mass is 16.2. The van der Waals surface area contributed by atoms with Crippen molar-refractivity contribution in [1.82, 2.24) is 10.2 Å². The summed E-state index contributed by atoms with van der Waals surface area (Å²) >= 11 is 0.